The number of aliphatic hydroxyl groups is 2. The summed E-state index contributed by atoms with van der Waals surface area (Å²) in [5.74, 6) is 0. The zero-order chi connectivity index (χ0) is 20.7. The molecule has 0 aliphatic carbocycles. The van der Waals surface area contributed by atoms with Gasteiger partial charge in [0.2, 0.25) is 0 Å². The lowest BCUT2D eigenvalue weighted by Gasteiger charge is -2.29. The van der Waals surface area contributed by atoms with Crippen molar-refractivity contribution in [3.63, 3.8) is 0 Å². The first-order valence-electron chi connectivity index (χ1n) is 9.71. The standard InChI is InChI=1S/C20H42O2S4/c1-19(2,3)17(25)11-13(21)9-15(23)7-8-16(24)10-14(22)12-18(26)20(4,5)6/h13-18,21-26H,7-12H2,1-6H3. The molecular formula is C20H42O2S4. The lowest BCUT2D eigenvalue weighted by molar-refractivity contribution is 0.135. The Kier molecular flexibility index (Phi) is 12.7. The van der Waals surface area contributed by atoms with E-state index in [-0.39, 0.29) is 44.0 Å². The molecule has 0 fully saturated rings. The van der Waals surface area contributed by atoms with Gasteiger partial charge in [-0.1, -0.05) is 41.5 Å². The molecule has 26 heavy (non-hydrogen) atoms. The van der Waals surface area contributed by atoms with Crippen molar-refractivity contribution in [2.24, 2.45) is 10.8 Å². The summed E-state index contributed by atoms with van der Waals surface area (Å²) in [5, 5.41) is 21.2. The van der Waals surface area contributed by atoms with Gasteiger partial charge in [-0.25, -0.2) is 0 Å². The highest BCUT2D eigenvalue weighted by Crippen LogP contribution is 2.31. The molecule has 2 N–H and O–H groups in total. The molecule has 0 aliphatic heterocycles. The molecule has 2 nitrogen and oxygen atoms in total. The van der Waals surface area contributed by atoms with Gasteiger partial charge in [0.15, 0.2) is 0 Å². The first-order valence-corrected chi connectivity index (χ1v) is 11.8. The largest absolute Gasteiger partial charge is 0.393 e. The molecule has 0 amide bonds. The second kappa shape index (κ2) is 12.1. The fourth-order valence-corrected chi connectivity index (χ4v) is 3.94. The molecule has 0 heterocycles. The van der Waals surface area contributed by atoms with Gasteiger partial charge in [0, 0.05) is 21.0 Å². The van der Waals surface area contributed by atoms with Gasteiger partial charge >= 0.3 is 0 Å². The first kappa shape index (κ1) is 27.3. The van der Waals surface area contributed by atoms with Crippen molar-refractivity contribution in [1.29, 1.82) is 0 Å². The van der Waals surface area contributed by atoms with Gasteiger partial charge in [-0.05, 0) is 49.4 Å². The molecule has 6 unspecified atom stereocenters. The van der Waals surface area contributed by atoms with Gasteiger partial charge in [0.1, 0.15) is 0 Å². The SMILES string of the molecule is CC(C)(C)C(S)CC(O)CC(S)CCC(S)CC(O)CC(S)C(C)(C)C. The molecule has 0 aliphatic rings. The minimum atomic E-state index is -0.375. The predicted octanol–water partition coefficient (Wildman–Crippen LogP) is 5.33. The fraction of sp³-hybridized carbons (Fsp3) is 1.00. The van der Waals surface area contributed by atoms with Crippen molar-refractivity contribution >= 4 is 50.5 Å². The van der Waals surface area contributed by atoms with Crippen LogP contribution in [0.25, 0.3) is 0 Å². The summed E-state index contributed by atoms with van der Waals surface area (Å²) in [5.41, 5.74) is 0.168. The van der Waals surface area contributed by atoms with Gasteiger partial charge in [0.05, 0.1) is 12.2 Å². The molecule has 0 radical (unpaired) electrons. The zero-order valence-electron chi connectivity index (χ0n) is 17.4. The quantitative estimate of drug-likeness (QED) is 0.245. The van der Waals surface area contributed by atoms with E-state index in [0.717, 1.165) is 12.8 Å². The third-order valence-electron chi connectivity index (χ3n) is 4.91. The number of rotatable bonds is 11. The molecule has 0 aromatic rings. The Labute approximate surface area is 184 Å². The number of hydrogen-bond donors (Lipinski definition) is 6. The van der Waals surface area contributed by atoms with Crippen molar-refractivity contribution in [3.8, 4) is 0 Å². The lowest BCUT2D eigenvalue weighted by Crippen LogP contribution is -2.28. The second-order valence-electron chi connectivity index (χ2n) is 9.90. The van der Waals surface area contributed by atoms with Gasteiger partial charge < -0.3 is 10.2 Å². The van der Waals surface area contributed by atoms with Crippen LogP contribution in [0.5, 0.6) is 0 Å². The van der Waals surface area contributed by atoms with E-state index in [0.29, 0.717) is 25.7 Å². The number of hydrogen-bond acceptors (Lipinski definition) is 6. The monoisotopic (exact) mass is 442 g/mol. The maximum absolute atomic E-state index is 10.3. The van der Waals surface area contributed by atoms with Crippen molar-refractivity contribution < 1.29 is 10.2 Å². The molecule has 0 saturated heterocycles. The molecule has 0 saturated carbocycles. The van der Waals surface area contributed by atoms with E-state index in [2.05, 4.69) is 92.1 Å². The topological polar surface area (TPSA) is 40.5 Å². The second-order valence-corrected chi connectivity index (χ2v) is 12.6. The Hall–Kier alpha value is 1.32. The van der Waals surface area contributed by atoms with E-state index in [4.69, 9.17) is 0 Å². The van der Waals surface area contributed by atoms with E-state index in [1.807, 2.05) is 0 Å². The molecular weight excluding hydrogens is 400 g/mol. The molecule has 0 spiro atoms. The average Bonchev–Trinajstić information content (AvgIpc) is 2.42. The maximum atomic E-state index is 10.3. The third kappa shape index (κ3) is 12.7. The van der Waals surface area contributed by atoms with Gasteiger partial charge in [0.25, 0.3) is 0 Å². The molecule has 0 bridgehead atoms. The first-order chi connectivity index (χ1) is 11.6. The Morgan fingerprint density at radius 3 is 1.08 bits per heavy atom. The molecule has 0 rings (SSSR count). The summed E-state index contributed by atoms with van der Waals surface area (Å²) in [6, 6.07) is 0. The van der Waals surface area contributed by atoms with Crippen LogP contribution in [0.3, 0.4) is 0 Å². The van der Waals surface area contributed by atoms with Crippen molar-refractivity contribution in [2.45, 2.75) is 113 Å². The number of aliphatic hydroxyl groups excluding tert-OH is 2. The van der Waals surface area contributed by atoms with Crippen molar-refractivity contribution in [3.05, 3.63) is 0 Å². The maximum Gasteiger partial charge on any atom is 0.0561 e. The van der Waals surface area contributed by atoms with Crippen LogP contribution in [0.15, 0.2) is 0 Å². The molecule has 6 atom stereocenters. The van der Waals surface area contributed by atoms with Crippen molar-refractivity contribution in [2.75, 3.05) is 0 Å². The van der Waals surface area contributed by atoms with Crippen LogP contribution in [0.1, 0.15) is 80.1 Å². The van der Waals surface area contributed by atoms with Crippen molar-refractivity contribution in [1.82, 2.24) is 0 Å². The summed E-state index contributed by atoms with van der Waals surface area (Å²) in [7, 11) is 0. The van der Waals surface area contributed by atoms with Crippen LogP contribution in [0.4, 0.5) is 0 Å². The molecule has 158 valence electrons. The van der Waals surface area contributed by atoms with E-state index in [9.17, 15) is 10.2 Å². The molecule has 0 aromatic carbocycles. The summed E-state index contributed by atoms with van der Waals surface area (Å²) < 4.78 is 0. The Morgan fingerprint density at radius 2 is 0.846 bits per heavy atom. The fourth-order valence-electron chi connectivity index (χ4n) is 2.66. The molecule has 6 heteroatoms. The summed E-state index contributed by atoms with van der Waals surface area (Å²) in [6.07, 6.45) is 3.73. The summed E-state index contributed by atoms with van der Waals surface area (Å²) in [4.78, 5) is 0. The molecule has 0 aromatic heterocycles. The summed E-state index contributed by atoms with van der Waals surface area (Å²) >= 11 is 18.5. The zero-order valence-corrected chi connectivity index (χ0v) is 21.0. The van der Waals surface area contributed by atoms with Gasteiger partial charge in [-0.3, -0.25) is 0 Å². The van der Waals surface area contributed by atoms with Gasteiger partial charge in [-0.2, -0.15) is 50.5 Å². The van der Waals surface area contributed by atoms with Crippen LogP contribution in [0.2, 0.25) is 0 Å². The smallest absolute Gasteiger partial charge is 0.0561 e. The highest BCUT2D eigenvalue weighted by molar-refractivity contribution is 7.81. The van der Waals surface area contributed by atoms with Crippen LogP contribution < -0.4 is 0 Å². The minimum Gasteiger partial charge on any atom is -0.393 e. The van der Waals surface area contributed by atoms with Crippen LogP contribution in [-0.2, 0) is 0 Å². The average molecular weight is 443 g/mol. The van der Waals surface area contributed by atoms with E-state index >= 15 is 0 Å². The van der Waals surface area contributed by atoms with Gasteiger partial charge in [-0.15, -0.1) is 0 Å². The number of thiol groups is 4. The van der Waals surface area contributed by atoms with E-state index in [1.54, 1.807) is 0 Å². The Morgan fingerprint density at radius 1 is 0.577 bits per heavy atom. The van der Waals surface area contributed by atoms with Crippen LogP contribution >= 0.6 is 50.5 Å². The normalized spacial score (nSPS) is 20.3. The predicted molar refractivity (Wildman–Crippen MR) is 130 cm³/mol. The summed E-state index contributed by atoms with van der Waals surface area (Å²) in [6.45, 7) is 12.8. The van der Waals surface area contributed by atoms with Crippen LogP contribution in [-0.4, -0.2) is 43.4 Å². The Balaban J connectivity index is 4.13. The van der Waals surface area contributed by atoms with E-state index in [1.165, 1.54) is 0 Å². The van der Waals surface area contributed by atoms with E-state index < -0.39 is 0 Å². The minimum absolute atomic E-state index is 0.0838. The Bertz CT molecular complexity index is 343. The highest BCUT2D eigenvalue weighted by Gasteiger charge is 2.26. The third-order valence-corrected chi connectivity index (χ3v) is 7.82. The lowest BCUT2D eigenvalue weighted by atomic mass is 9.87. The van der Waals surface area contributed by atoms with Crippen LogP contribution in [0, 0.1) is 10.8 Å². The highest BCUT2D eigenvalue weighted by atomic mass is 32.1.